The Labute approximate surface area is 135 Å². The van der Waals surface area contributed by atoms with Gasteiger partial charge in [0.1, 0.15) is 5.75 Å². The van der Waals surface area contributed by atoms with Gasteiger partial charge in [-0.1, -0.05) is 35.9 Å². The SMILES string of the molecule is Cc1ccc(OCC(=O)NCc2cn(C)c3ccccc23)cc1. The number of nitrogens with zero attached hydrogens (tertiary/aromatic N) is 1. The van der Waals surface area contributed by atoms with Crippen molar-refractivity contribution < 1.29 is 9.53 Å². The number of hydrogen-bond donors (Lipinski definition) is 1. The third-order valence-corrected chi connectivity index (χ3v) is 3.85. The van der Waals surface area contributed by atoms with Crippen molar-refractivity contribution in [2.75, 3.05) is 6.61 Å². The summed E-state index contributed by atoms with van der Waals surface area (Å²) in [5, 5.41) is 4.07. The van der Waals surface area contributed by atoms with E-state index in [-0.39, 0.29) is 12.5 Å². The van der Waals surface area contributed by atoms with Crippen molar-refractivity contribution in [3.63, 3.8) is 0 Å². The quantitative estimate of drug-likeness (QED) is 0.786. The summed E-state index contributed by atoms with van der Waals surface area (Å²) in [6.07, 6.45) is 2.05. The number of benzene rings is 2. The second kappa shape index (κ2) is 6.57. The predicted molar refractivity (Wildman–Crippen MR) is 91.4 cm³/mol. The number of fused-ring (bicyclic) bond motifs is 1. The minimum atomic E-state index is -0.126. The highest BCUT2D eigenvalue weighted by Gasteiger charge is 2.08. The molecule has 2 aromatic carbocycles. The van der Waals surface area contributed by atoms with Crippen LogP contribution in [0.15, 0.2) is 54.7 Å². The van der Waals surface area contributed by atoms with Crippen LogP contribution in [0.3, 0.4) is 0 Å². The van der Waals surface area contributed by atoms with Crippen molar-refractivity contribution in [3.05, 3.63) is 65.9 Å². The fourth-order valence-corrected chi connectivity index (χ4v) is 2.59. The number of aromatic nitrogens is 1. The molecule has 0 radical (unpaired) electrons. The lowest BCUT2D eigenvalue weighted by Crippen LogP contribution is -2.28. The number of carbonyl (C=O) groups excluding carboxylic acids is 1. The standard InChI is InChI=1S/C19H20N2O2/c1-14-7-9-16(10-8-14)23-13-19(22)20-11-15-12-21(2)18-6-4-3-5-17(15)18/h3-10,12H,11,13H2,1-2H3,(H,20,22). The van der Waals surface area contributed by atoms with Gasteiger partial charge in [-0.15, -0.1) is 0 Å². The molecule has 1 N–H and O–H groups in total. The van der Waals surface area contributed by atoms with Crippen LogP contribution in [-0.2, 0) is 18.4 Å². The van der Waals surface area contributed by atoms with E-state index in [2.05, 4.69) is 22.0 Å². The van der Waals surface area contributed by atoms with Gasteiger partial charge in [-0.3, -0.25) is 4.79 Å². The van der Waals surface area contributed by atoms with Gasteiger partial charge in [-0.05, 0) is 30.7 Å². The maximum atomic E-state index is 12.0. The molecule has 4 heteroatoms. The highest BCUT2D eigenvalue weighted by atomic mass is 16.5. The molecular weight excluding hydrogens is 288 g/mol. The molecule has 0 saturated heterocycles. The lowest BCUT2D eigenvalue weighted by Gasteiger charge is -2.07. The molecule has 0 atom stereocenters. The second-order valence-corrected chi connectivity index (χ2v) is 5.66. The van der Waals surface area contributed by atoms with Crippen molar-refractivity contribution in [2.45, 2.75) is 13.5 Å². The molecule has 4 nitrogen and oxygen atoms in total. The van der Waals surface area contributed by atoms with Crippen molar-refractivity contribution in [2.24, 2.45) is 7.05 Å². The first-order valence-electron chi connectivity index (χ1n) is 7.62. The maximum absolute atomic E-state index is 12.0. The van der Waals surface area contributed by atoms with Gasteiger partial charge in [-0.25, -0.2) is 0 Å². The van der Waals surface area contributed by atoms with Gasteiger partial charge in [0.2, 0.25) is 0 Å². The summed E-state index contributed by atoms with van der Waals surface area (Å²) in [5.41, 5.74) is 3.43. The summed E-state index contributed by atoms with van der Waals surface area (Å²) >= 11 is 0. The largest absolute Gasteiger partial charge is 0.484 e. The van der Waals surface area contributed by atoms with Gasteiger partial charge < -0.3 is 14.6 Å². The van der Waals surface area contributed by atoms with E-state index in [0.29, 0.717) is 12.3 Å². The lowest BCUT2D eigenvalue weighted by atomic mass is 10.2. The van der Waals surface area contributed by atoms with Crippen molar-refractivity contribution >= 4 is 16.8 Å². The Hall–Kier alpha value is -2.75. The molecule has 1 amide bonds. The molecule has 0 aliphatic rings. The molecule has 3 aromatic rings. The Bertz CT molecular complexity index is 819. The molecule has 0 saturated carbocycles. The monoisotopic (exact) mass is 308 g/mol. The van der Waals surface area contributed by atoms with Gasteiger partial charge in [-0.2, -0.15) is 0 Å². The number of carbonyl (C=O) groups is 1. The number of ether oxygens (including phenoxy) is 1. The summed E-state index contributed by atoms with van der Waals surface area (Å²) < 4.78 is 7.56. The molecule has 0 fully saturated rings. The summed E-state index contributed by atoms with van der Waals surface area (Å²) in [6.45, 7) is 2.53. The van der Waals surface area contributed by atoms with Crippen LogP contribution in [-0.4, -0.2) is 17.1 Å². The molecule has 3 rings (SSSR count). The predicted octanol–water partition coefficient (Wildman–Crippen LogP) is 3.18. The summed E-state index contributed by atoms with van der Waals surface area (Å²) in [4.78, 5) is 12.0. The number of nitrogens with one attached hydrogen (secondary N) is 1. The topological polar surface area (TPSA) is 43.3 Å². The third kappa shape index (κ3) is 3.54. The van der Waals surface area contributed by atoms with Crippen LogP contribution in [0.1, 0.15) is 11.1 Å². The van der Waals surface area contributed by atoms with E-state index in [0.717, 1.165) is 22.0 Å². The van der Waals surface area contributed by atoms with Crippen molar-refractivity contribution in [1.29, 1.82) is 0 Å². The molecular formula is C19H20N2O2. The van der Waals surface area contributed by atoms with Crippen molar-refractivity contribution in [3.8, 4) is 5.75 Å². The number of aryl methyl sites for hydroxylation is 2. The van der Waals surface area contributed by atoms with Gasteiger partial charge in [0.05, 0.1) is 0 Å². The average molecular weight is 308 g/mol. The molecule has 0 bridgehead atoms. The van der Waals surface area contributed by atoms with E-state index >= 15 is 0 Å². The number of amides is 1. The van der Waals surface area contributed by atoms with E-state index in [1.165, 1.54) is 0 Å². The molecule has 0 aliphatic heterocycles. The van der Waals surface area contributed by atoms with Crippen LogP contribution >= 0.6 is 0 Å². The molecule has 23 heavy (non-hydrogen) atoms. The fraction of sp³-hybridized carbons (Fsp3) is 0.211. The molecule has 1 aromatic heterocycles. The van der Waals surface area contributed by atoms with Crippen LogP contribution < -0.4 is 10.1 Å². The zero-order chi connectivity index (χ0) is 16.2. The summed E-state index contributed by atoms with van der Waals surface area (Å²) in [5.74, 6) is 0.578. The van der Waals surface area contributed by atoms with E-state index in [9.17, 15) is 4.79 Å². The van der Waals surface area contributed by atoms with Crippen molar-refractivity contribution in [1.82, 2.24) is 9.88 Å². The highest BCUT2D eigenvalue weighted by molar-refractivity contribution is 5.84. The Kier molecular flexibility index (Phi) is 4.33. The third-order valence-electron chi connectivity index (χ3n) is 3.85. The van der Waals surface area contributed by atoms with E-state index in [1.807, 2.05) is 56.6 Å². The number of hydrogen-bond acceptors (Lipinski definition) is 2. The summed E-state index contributed by atoms with van der Waals surface area (Å²) in [7, 11) is 2.01. The normalized spacial score (nSPS) is 10.7. The van der Waals surface area contributed by atoms with E-state index in [4.69, 9.17) is 4.74 Å². The Balaban J connectivity index is 1.57. The van der Waals surface area contributed by atoms with Gasteiger partial charge in [0.15, 0.2) is 6.61 Å². The van der Waals surface area contributed by atoms with Crippen LogP contribution in [0, 0.1) is 6.92 Å². The first-order valence-corrected chi connectivity index (χ1v) is 7.62. The Morgan fingerprint density at radius 2 is 1.87 bits per heavy atom. The molecule has 0 aliphatic carbocycles. The lowest BCUT2D eigenvalue weighted by molar-refractivity contribution is -0.123. The zero-order valence-electron chi connectivity index (χ0n) is 13.4. The van der Waals surface area contributed by atoms with E-state index in [1.54, 1.807) is 0 Å². The van der Waals surface area contributed by atoms with Gasteiger partial charge >= 0.3 is 0 Å². The number of para-hydroxylation sites is 1. The van der Waals surface area contributed by atoms with Gasteiger partial charge in [0.25, 0.3) is 5.91 Å². The van der Waals surface area contributed by atoms with Crippen LogP contribution in [0.4, 0.5) is 0 Å². The zero-order valence-corrected chi connectivity index (χ0v) is 13.4. The van der Waals surface area contributed by atoms with Crippen LogP contribution in [0.2, 0.25) is 0 Å². The molecule has 1 heterocycles. The molecule has 0 unspecified atom stereocenters. The van der Waals surface area contributed by atoms with Gasteiger partial charge in [0, 0.05) is 30.7 Å². The average Bonchev–Trinajstić information content (AvgIpc) is 2.89. The Morgan fingerprint density at radius 3 is 2.65 bits per heavy atom. The maximum Gasteiger partial charge on any atom is 0.258 e. The Morgan fingerprint density at radius 1 is 1.13 bits per heavy atom. The second-order valence-electron chi connectivity index (χ2n) is 5.66. The fourth-order valence-electron chi connectivity index (χ4n) is 2.59. The smallest absolute Gasteiger partial charge is 0.258 e. The minimum absolute atomic E-state index is 0.0217. The van der Waals surface area contributed by atoms with Crippen LogP contribution in [0.5, 0.6) is 5.75 Å². The van der Waals surface area contributed by atoms with Crippen LogP contribution in [0.25, 0.3) is 10.9 Å². The first-order chi connectivity index (χ1) is 11.1. The summed E-state index contributed by atoms with van der Waals surface area (Å²) in [6, 6.07) is 15.8. The molecule has 118 valence electrons. The molecule has 0 spiro atoms. The minimum Gasteiger partial charge on any atom is -0.484 e. The first kappa shape index (κ1) is 15.2. The van der Waals surface area contributed by atoms with E-state index < -0.39 is 0 Å². The highest BCUT2D eigenvalue weighted by Crippen LogP contribution is 2.19. The number of rotatable bonds is 5.